The molecule has 0 atom stereocenters. The summed E-state index contributed by atoms with van der Waals surface area (Å²) >= 11 is 0. The predicted molar refractivity (Wildman–Crippen MR) is 65.8 cm³/mol. The highest BCUT2D eigenvalue weighted by molar-refractivity contribution is 5.67. The van der Waals surface area contributed by atoms with Crippen LogP contribution in [0.4, 0.5) is 11.8 Å². The second-order valence-corrected chi connectivity index (χ2v) is 3.78. The predicted octanol–water partition coefficient (Wildman–Crippen LogP) is 1.92. The summed E-state index contributed by atoms with van der Waals surface area (Å²) < 4.78 is 0. The van der Waals surface area contributed by atoms with Gasteiger partial charge in [0.2, 0.25) is 5.95 Å². The summed E-state index contributed by atoms with van der Waals surface area (Å²) in [5.74, 6) is 0.597. The number of nitrogen functional groups attached to an aromatic ring is 2. The largest absolute Gasteiger partial charge is 0.384 e. The second kappa shape index (κ2) is 3.81. The number of anilines is 2. The van der Waals surface area contributed by atoms with Crippen molar-refractivity contribution in [3.63, 3.8) is 0 Å². The van der Waals surface area contributed by atoms with Gasteiger partial charge >= 0.3 is 0 Å². The Morgan fingerprint density at radius 1 is 1.06 bits per heavy atom. The molecular formula is C12H14N4. The SMILES string of the molecule is Cc1cccc(-c2cc(N)nc(N)n2)c1C. The Hall–Kier alpha value is -2.10. The Morgan fingerprint density at radius 3 is 2.50 bits per heavy atom. The second-order valence-electron chi connectivity index (χ2n) is 3.78. The molecule has 0 radical (unpaired) electrons. The number of aryl methyl sites for hydroxylation is 1. The quantitative estimate of drug-likeness (QED) is 0.760. The number of aromatic nitrogens is 2. The van der Waals surface area contributed by atoms with Crippen LogP contribution in [0.1, 0.15) is 11.1 Å². The van der Waals surface area contributed by atoms with Crippen molar-refractivity contribution in [1.82, 2.24) is 9.97 Å². The molecule has 2 rings (SSSR count). The third-order valence-corrected chi connectivity index (χ3v) is 2.64. The van der Waals surface area contributed by atoms with E-state index in [4.69, 9.17) is 11.5 Å². The Labute approximate surface area is 94.3 Å². The van der Waals surface area contributed by atoms with E-state index in [2.05, 4.69) is 29.9 Å². The molecule has 82 valence electrons. The number of benzene rings is 1. The molecule has 0 bridgehead atoms. The number of hydrogen-bond acceptors (Lipinski definition) is 4. The molecule has 0 fully saturated rings. The lowest BCUT2D eigenvalue weighted by atomic mass is 10.0. The van der Waals surface area contributed by atoms with E-state index in [0.717, 1.165) is 11.3 Å². The maximum atomic E-state index is 5.65. The van der Waals surface area contributed by atoms with E-state index in [1.165, 1.54) is 11.1 Å². The zero-order chi connectivity index (χ0) is 11.7. The van der Waals surface area contributed by atoms with Crippen LogP contribution in [0, 0.1) is 13.8 Å². The van der Waals surface area contributed by atoms with Gasteiger partial charge in [-0.15, -0.1) is 0 Å². The van der Waals surface area contributed by atoms with Crippen molar-refractivity contribution in [2.24, 2.45) is 0 Å². The molecule has 0 spiro atoms. The van der Waals surface area contributed by atoms with Gasteiger partial charge in [0.25, 0.3) is 0 Å². The van der Waals surface area contributed by atoms with Crippen molar-refractivity contribution in [1.29, 1.82) is 0 Å². The van der Waals surface area contributed by atoms with Crippen LogP contribution in [-0.4, -0.2) is 9.97 Å². The third kappa shape index (κ3) is 1.82. The molecule has 0 saturated carbocycles. The summed E-state index contributed by atoms with van der Waals surface area (Å²) in [6.45, 7) is 4.12. The van der Waals surface area contributed by atoms with Gasteiger partial charge in [0.1, 0.15) is 5.82 Å². The first kappa shape index (κ1) is 10.4. The average molecular weight is 214 g/mol. The van der Waals surface area contributed by atoms with Gasteiger partial charge in [-0.1, -0.05) is 18.2 Å². The minimum atomic E-state index is 0.205. The van der Waals surface area contributed by atoms with Crippen LogP contribution in [0.3, 0.4) is 0 Å². The van der Waals surface area contributed by atoms with Crippen molar-refractivity contribution in [2.45, 2.75) is 13.8 Å². The smallest absolute Gasteiger partial charge is 0.222 e. The molecule has 4 nitrogen and oxygen atoms in total. The first-order valence-electron chi connectivity index (χ1n) is 5.04. The molecule has 0 saturated heterocycles. The maximum Gasteiger partial charge on any atom is 0.222 e. The standard InChI is InChI=1S/C12H14N4/c1-7-4-3-5-9(8(7)2)10-6-11(13)16-12(14)15-10/h3-6H,1-2H3,(H4,13,14,15,16). The Kier molecular flexibility index (Phi) is 2.48. The Balaban J connectivity index is 2.63. The normalized spacial score (nSPS) is 10.4. The minimum absolute atomic E-state index is 0.205. The molecule has 1 heterocycles. The summed E-state index contributed by atoms with van der Waals surface area (Å²) in [6, 6.07) is 7.79. The summed E-state index contributed by atoms with van der Waals surface area (Å²) in [5, 5.41) is 0. The fraction of sp³-hybridized carbons (Fsp3) is 0.167. The van der Waals surface area contributed by atoms with Crippen LogP contribution in [0.5, 0.6) is 0 Å². The van der Waals surface area contributed by atoms with Crippen LogP contribution in [0.25, 0.3) is 11.3 Å². The first-order chi connectivity index (χ1) is 7.58. The summed E-state index contributed by atoms with van der Waals surface area (Å²) in [6.07, 6.45) is 0. The van der Waals surface area contributed by atoms with E-state index in [0.29, 0.717) is 5.82 Å². The van der Waals surface area contributed by atoms with E-state index < -0.39 is 0 Å². The van der Waals surface area contributed by atoms with Crippen LogP contribution in [0.2, 0.25) is 0 Å². The molecule has 0 aliphatic heterocycles. The van der Waals surface area contributed by atoms with E-state index in [9.17, 15) is 0 Å². The molecule has 4 N–H and O–H groups in total. The van der Waals surface area contributed by atoms with Crippen molar-refractivity contribution >= 4 is 11.8 Å². The van der Waals surface area contributed by atoms with Gasteiger partial charge < -0.3 is 11.5 Å². The first-order valence-corrected chi connectivity index (χ1v) is 5.04. The topological polar surface area (TPSA) is 77.8 Å². The lowest BCUT2D eigenvalue weighted by Gasteiger charge is -2.08. The van der Waals surface area contributed by atoms with Crippen molar-refractivity contribution in [2.75, 3.05) is 11.5 Å². The Bertz CT molecular complexity index is 514. The van der Waals surface area contributed by atoms with Crippen molar-refractivity contribution in [3.8, 4) is 11.3 Å². The molecule has 0 aliphatic carbocycles. The van der Waals surface area contributed by atoms with E-state index in [-0.39, 0.29) is 5.95 Å². The monoisotopic (exact) mass is 214 g/mol. The molecule has 0 aliphatic rings. The van der Waals surface area contributed by atoms with Crippen LogP contribution in [0.15, 0.2) is 24.3 Å². The molecule has 2 aromatic rings. The van der Waals surface area contributed by atoms with Gasteiger partial charge in [0, 0.05) is 11.6 Å². The van der Waals surface area contributed by atoms with E-state index in [1.807, 2.05) is 12.1 Å². The maximum absolute atomic E-state index is 5.65. The highest BCUT2D eigenvalue weighted by Crippen LogP contribution is 2.25. The number of rotatable bonds is 1. The van der Waals surface area contributed by atoms with Gasteiger partial charge in [-0.2, -0.15) is 4.98 Å². The summed E-state index contributed by atoms with van der Waals surface area (Å²) in [4.78, 5) is 8.05. The zero-order valence-corrected chi connectivity index (χ0v) is 9.36. The average Bonchev–Trinajstić information content (AvgIpc) is 2.20. The van der Waals surface area contributed by atoms with Crippen LogP contribution >= 0.6 is 0 Å². The van der Waals surface area contributed by atoms with Gasteiger partial charge in [-0.05, 0) is 25.0 Å². The van der Waals surface area contributed by atoms with Gasteiger partial charge in [0.15, 0.2) is 0 Å². The van der Waals surface area contributed by atoms with E-state index >= 15 is 0 Å². The lowest BCUT2D eigenvalue weighted by molar-refractivity contribution is 1.19. The highest BCUT2D eigenvalue weighted by Gasteiger charge is 2.07. The summed E-state index contributed by atoms with van der Waals surface area (Å²) in [7, 11) is 0. The number of hydrogen-bond donors (Lipinski definition) is 2. The molecule has 0 unspecified atom stereocenters. The lowest BCUT2D eigenvalue weighted by Crippen LogP contribution is -2.01. The number of nitrogens with zero attached hydrogens (tertiary/aromatic N) is 2. The van der Waals surface area contributed by atoms with E-state index in [1.54, 1.807) is 6.07 Å². The molecule has 1 aromatic heterocycles. The fourth-order valence-electron chi connectivity index (χ4n) is 1.65. The van der Waals surface area contributed by atoms with Crippen molar-refractivity contribution < 1.29 is 0 Å². The molecule has 4 heteroatoms. The molecule has 16 heavy (non-hydrogen) atoms. The van der Waals surface area contributed by atoms with Crippen molar-refractivity contribution in [3.05, 3.63) is 35.4 Å². The zero-order valence-electron chi connectivity index (χ0n) is 9.36. The molecule has 0 amide bonds. The van der Waals surface area contributed by atoms with Crippen LogP contribution < -0.4 is 11.5 Å². The van der Waals surface area contributed by atoms with Gasteiger partial charge in [-0.25, -0.2) is 4.98 Å². The minimum Gasteiger partial charge on any atom is -0.384 e. The fourth-order valence-corrected chi connectivity index (χ4v) is 1.65. The highest BCUT2D eigenvalue weighted by atomic mass is 15.0. The molecule has 1 aromatic carbocycles. The summed E-state index contributed by atoms with van der Waals surface area (Å²) in [5.41, 5.74) is 15.4. The third-order valence-electron chi connectivity index (χ3n) is 2.64. The Morgan fingerprint density at radius 2 is 1.81 bits per heavy atom. The van der Waals surface area contributed by atoms with Gasteiger partial charge in [-0.3, -0.25) is 0 Å². The number of nitrogens with two attached hydrogens (primary N) is 2. The van der Waals surface area contributed by atoms with Crippen LogP contribution in [-0.2, 0) is 0 Å². The van der Waals surface area contributed by atoms with Gasteiger partial charge in [0.05, 0.1) is 5.69 Å². The molecular weight excluding hydrogens is 200 g/mol.